The van der Waals surface area contributed by atoms with Crippen LogP contribution >= 0.6 is 0 Å². The molecule has 0 spiro atoms. The van der Waals surface area contributed by atoms with Crippen LogP contribution in [0.5, 0.6) is 0 Å². The molecule has 0 saturated heterocycles. The van der Waals surface area contributed by atoms with Crippen LogP contribution in [0.2, 0.25) is 0 Å². The number of hydrogen-bond acceptors (Lipinski definition) is 6. The summed E-state index contributed by atoms with van der Waals surface area (Å²) in [5.74, 6) is -0.788. The van der Waals surface area contributed by atoms with E-state index in [9.17, 15) is 14.9 Å². The Balaban J connectivity index is 2.98. The van der Waals surface area contributed by atoms with Gasteiger partial charge in [0.25, 0.3) is 5.69 Å². The van der Waals surface area contributed by atoms with E-state index >= 15 is 0 Å². The molecule has 1 N–H and O–H groups in total. The van der Waals surface area contributed by atoms with Crippen LogP contribution in [0.3, 0.4) is 0 Å². The van der Waals surface area contributed by atoms with Crippen LogP contribution in [0, 0.1) is 10.1 Å². The molecule has 0 radical (unpaired) electrons. The van der Waals surface area contributed by atoms with Gasteiger partial charge < -0.3 is 9.94 Å². The number of rotatable bonds is 4. The van der Waals surface area contributed by atoms with E-state index in [4.69, 9.17) is 5.21 Å². The van der Waals surface area contributed by atoms with Gasteiger partial charge in [-0.2, -0.15) is 0 Å². The predicted molar refractivity (Wildman–Crippen MR) is 58.1 cm³/mol. The van der Waals surface area contributed by atoms with Crippen molar-refractivity contribution in [3.05, 3.63) is 39.9 Å². The number of nitro groups is 1. The second kappa shape index (κ2) is 5.59. The number of oxime groups is 1. The van der Waals surface area contributed by atoms with Crippen LogP contribution in [-0.2, 0) is 9.53 Å². The maximum absolute atomic E-state index is 11.3. The van der Waals surface area contributed by atoms with E-state index in [2.05, 4.69) is 9.89 Å². The molecule has 0 aromatic heterocycles. The lowest BCUT2D eigenvalue weighted by Gasteiger charge is -2.03. The van der Waals surface area contributed by atoms with Crippen molar-refractivity contribution >= 4 is 17.4 Å². The summed E-state index contributed by atoms with van der Waals surface area (Å²) in [5, 5.41) is 22.0. The van der Waals surface area contributed by atoms with Gasteiger partial charge in [-0.15, -0.1) is 0 Å². The molecule has 7 nitrogen and oxygen atoms in total. The number of ether oxygens (including phenoxy) is 1. The number of nitrogens with zero attached hydrogens (tertiary/aromatic N) is 2. The Hall–Kier alpha value is -2.44. The van der Waals surface area contributed by atoms with E-state index in [1.54, 1.807) is 6.92 Å². The molecule has 7 heteroatoms. The summed E-state index contributed by atoms with van der Waals surface area (Å²) in [6.07, 6.45) is 0. The molecule has 0 aliphatic heterocycles. The Morgan fingerprint density at radius 2 is 2.06 bits per heavy atom. The molecule has 0 fully saturated rings. The summed E-state index contributed by atoms with van der Waals surface area (Å²) in [4.78, 5) is 21.2. The summed E-state index contributed by atoms with van der Waals surface area (Å²) < 4.78 is 4.66. The smallest absolute Gasteiger partial charge is 0.361 e. The molecule has 1 rings (SSSR count). The minimum atomic E-state index is -0.788. The molecule has 1 aromatic carbocycles. The largest absolute Gasteiger partial charge is 0.461 e. The first-order valence-electron chi connectivity index (χ1n) is 4.74. The minimum Gasteiger partial charge on any atom is -0.461 e. The molecule has 17 heavy (non-hydrogen) atoms. The molecule has 0 amide bonds. The van der Waals surface area contributed by atoms with E-state index in [-0.39, 0.29) is 23.6 Å². The third-order valence-electron chi connectivity index (χ3n) is 1.92. The van der Waals surface area contributed by atoms with E-state index in [0.717, 1.165) is 0 Å². The third kappa shape index (κ3) is 3.00. The standard InChI is InChI=1S/C10H10N2O5/c1-2-17-10(13)9(11-14)7-3-5-8(6-4-7)12(15)16/h3-6,14H,2H2,1H3. The Labute approximate surface area is 96.5 Å². The Morgan fingerprint density at radius 1 is 1.47 bits per heavy atom. The fourth-order valence-electron chi connectivity index (χ4n) is 1.16. The highest BCUT2D eigenvalue weighted by molar-refractivity contribution is 6.43. The summed E-state index contributed by atoms with van der Waals surface area (Å²) >= 11 is 0. The fraction of sp³-hybridized carbons (Fsp3) is 0.200. The molecule has 0 heterocycles. The monoisotopic (exact) mass is 238 g/mol. The highest BCUT2D eigenvalue weighted by Gasteiger charge is 2.17. The number of benzene rings is 1. The summed E-state index contributed by atoms with van der Waals surface area (Å²) in [6.45, 7) is 1.76. The SMILES string of the molecule is CCOC(=O)C(=NO)c1ccc([N+](=O)[O-])cc1. The van der Waals surface area contributed by atoms with E-state index in [1.807, 2.05) is 0 Å². The van der Waals surface area contributed by atoms with Gasteiger partial charge in [-0.3, -0.25) is 10.1 Å². The Bertz CT molecular complexity index is 452. The Morgan fingerprint density at radius 3 is 2.47 bits per heavy atom. The maximum Gasteiger partial charge on any atom is 0.361 e. The van der Waals surface area contributed by atoms with Gasteiger partial charge in [0.2, 0.25) is 0 Å². The zero-order valence-corrected chi connectivity index (χ0v) is 8.99. The van der Waals surface area contributed by atoms with Crippen molar-refractivity contribution in [3.8, 4) is 0 Å². The van der Waals surface area contributed by atoms with Crippen LogP contribution in [0.1, 0.15) is 12.5 Å². The number of nitro benzene ring substituents is 1. The molecule has 0 aliphatic rings. The number of carbonyl (C=O) groups excluding carboxylic acids is 1. The van der Waals surface area contributed by atoms with E-state index < -0.39 is 10.9 Å². The molecule has 0 saturated carbocycles. The average molecular weight is 238 g/mol. The Kier molecular flexibility index (Phi) is 4.15. The first kappa shape index (κ1) is 12.6. The number of carbonyl (C=O) groups is 1. The van der Waals surface area contributed by atoms with Crippen LogP contribution in [0.15, 0.2) is 29.4 Å². The van der Waals surface area contributed by atoms with Crippen LogP contribution in [-0.4, -0.2) is 28.4 Å². The zero-order chi connectivity index (χ0) is 12.8. The molecular weight excluding hydrogens is 228 g/mol. The number of non-ortho nitro benzene ring substituents is 1. The van der Waals surface area contributed by atoms with Crippen molar-refractivity contribution in [1.82, 2.24) is 0 Å². The van der Waals surface area contributed by atoms with Gasteiger partial charge in [0.15, 0.2) is 5.71 Å². The van der Waals surface area contributed by atoms with Crippen molar-refractivity contribution < 1.29 is 19.7 Å². The van der Waals surface area contributed by atoms with Gasteiger partial charge in [-0.05, 0) is 19.1 Å². The molecule has 1 aromatic rings. The van der Waals surface area contributed by atoms with Crippen LogP contribution in [0.4, 0.5) is 5.69 Å². The normalized spacial score (nSPS) is 11.0. The first-order valence-corrected chi connectivity index (χ1v) is 4.74. The second-order valence-corrected chi connectivity index (χ2v) is 2.97. The molecular formula is C10H10N2O5. The van der Waals surface area contributed by atoms with Crippen molar-refractivity contribution in [2.24, 2.45) is 5.16 Å². The quantitative estimate of drug-likeness (QED) is 0.280. The predicted octanol–water partition coefficient (Wildman–Crippen LogP) is 1.34. The highest BCUT2D eigenvalue weighted by atomic mass is 16.6. The summed E-state index contributed by atoms with van der Waals surface area (Å²) in [6, 6.07) is 5.04. The van der Waals surface area contributed by atoms with E-state index in [0.29, 0.717) is 0 Å². The van der Waals surface area contributed by atoms with Gasteiger partial charge in [0.05, 0.1) is 11.5 Å². The topological polar surface area (TPSA) is 102 Å². The fourth-order valence-corrected chi connectivity index (χ4v) is 1.16. The first-order chi connectivity index (χ1) is 8.10. The lowest BCUT2D eigenvalue weighted by atomic mass is 10.1. The molecule has 0 atom stereocenters. The van der Waals surface area contributed by atoms with Crippen molar-refractivity contribution in [2.75, 3.05) is 6.61 Å². The lowest BCUT2D eigenvalue weighted by Crippen LogP contribution is -2.18. The highest BCUT2D eigenvalue weighted by Crippen LogP contribution is 2.13. The van der Waals surface area contributed by atoms with Crippen molar-refractivity contribution in [1.29, 1.82) is 0 Å². The lowest BCUT2D eigenvalue weighted by molar-refractivity contribution is -0.384. The molecule has 90 valence electrons. The second-order valence-electron chi connectivity index (χ2n) is 2.97. The van der Waals surface area contributed by atoms with Gasteiger partial charge >= 0.3 is 5.97 Å². The van der Waals surface area contributed by atoms with Crippen LogP contribution < -0.4 is 0 Å². The number of esters is 1. The number of hydrogen-bond donors (Lipinski definition) is 1. The maximum atomic E-state index is 11.3. The molecule has 0 aliphatic carbocycles. The van der Waals surface area contributed by atoms with E-state index in [1.165, 1.54) is 24.3 Å². The van der Waals surface area contributed by atoms with Gasteiger partial charge in [-0.25, -0.2) is 4.79 Å². The zero-order valence-electron chi connectivity index (χ0n) is 8.99. The molecule has 0 bridgehead atoms. The van der Waals surface area contributed by atoms with Crippen molar-refractivity contribution in [3.63, 3.8) is 0 Å². The van der Waals surface area contributed by atoms with Crippen molar-refractivity contribution in [2.45, 2.75) is 6.92 Å². The van der Waals surface area contributed by atoms with Crippen LogP contribution in [0.25, 0.3) is 0 Å². The third-order valence-corrected chi connectivity index (χ3v) is 1.92. The van der Waals surface area contributed by atoms with Gasteiger partial charge in [0.1, 0.15) is 0 Å². The molecule has 0 unspecified atom stereocenters. The average Bonchev–Trinajstić information content (AvgIpc) is 2.31. The van der Waals surface area contributed by atoms with Gasteiger partial charge in [-0.1, -0.05) is 5.16 Å². The minimum absolute atomic E-state index is 0.116. The summed E-state index contributed by atoms with van der Waals surface area (Å²) in [7, 11) is 0. The summed E-state index contributed by atoms with van der Waals surface area (Å²) in [5.41, 5.74) is -0.159. The van der Waals surface area contributed by atoms with Gasteiger partial charge in [0, 0.05) is 17.7 Å².